The molecule has 0 atom stereocenters. The Morgan fingerprint density at radius 2 is 1.73 bits per heavy atom. The Morgan fingerprint density at radius 1 is 1.12 bits per heavy atom. The van der Waals surface area contributed by atoms with Crippen LogP contribution in [0.1, 0.15) is 28.4 Å². The standard InChI is InChI=1S/C18H16F3NO4/c1-11(23)22(2)14-5-7-15(8-6-14)26-10-12-3-4-13(18(19,20)21)9-16(12)17(24)25/h3-9H,10H2,1-2H3,(H,24,25). The van der Waals surface area contributed by atoms with Gasteiger partial charge < -0.3 is 14.7 Å². The molecule has 5 nitrogen and oxygen atoms in total. The minimum absolute atomic E-state index is 0.121. The van der Waals surface area contributed by atoms with Crippen LogP contribution < -0.4 is 9.64 Å². The third-order valence-corrected chi connectivity index (χ3v) is 3.76. The average Bonchev–Trinajstić information content (AvgIpc) is 2.58. The number of alkyl halides is 3. The van der Waals surface area contributed by atoms with E-state index in [0.717, 1.165) is 12.1 Å². The molecule has 2 aromatic carbocycles. The summed E-state index contributed by atoms with van der Waals surface area (Å²) in [7, 11) is 1.61. The van der Waals surface area contributed by atoms with Gasteiger partial charge in [-0.05, 0) is 36.4 Å². The molecule has 2 rings (SSSR count). The topological polar surface area (TPSA) is 66.8 Å². The van der Waals surface area contributed by atoms with E-state index in [1.807, 2.05) is 0 Å². The smallest absolute Gasteiger partial charge is 0.416 e. The number of aromatic carboxylic acids is 1. The summed E-state index contributed by atoms with van der Waals surface area (Å²) in [4.78, 5) is 24.0. The summed E-state index contributed by atoms with van der Waals surface area (Å²) in [6.07, 6.45) is -4.62. The second-order valence-electron chi connectivity index (χ2n) is 5.54. The van der Waals surface area contributed by atoms with Crippen molar-refractivity contribution in [3.63, 3.8) is 0 Å². The minimum Gasteiger partial charge on any atom is -0.489 e. The summed E-state index contributed by atoms with van der Waals surface area (Å²) in [5.74, 6) is -1.22. The van der Waals surface area contributed by atoms with E-state index in [4.69, 9.17) is 9.84 Å². The zero-order valence-electron chi connectivity index (χ0n) is 14.0. The van der Waals surface area contributed by atoms with Gasteiger partial charge >= 0.3 is 12.1 Å². The van der Waals surface area contributed by atoms with Crippen LogP contribution in [0.3, 0.4) is 0 Å². The Kier molecular flexibility index (Phi) is 5.54. The number of hydrogen-bond acceptors (Lipinski definition) is 3. The minimum atomic E-state index is -4.62. The molecular weight excluding hydrogens is 351 g/mol. The van der Waals surface area contributed by atoms with Crippen molar-refractivity contribution in [3.05, 3.63) is 59.2 Å². The number of carbonyl (C=O) groups excluding carboxylic acids is 1. The van der Waals surface area contributed by atoms with E-state index in [1.54, 1.807) is 31.3 Å². The van der Waals surface area contributed by atoms with Gasteiger partial charge in [0.05, 0.1) is 11.1 Å². The summed E-state index contributed by atoms with van der Waals surface area (Å²) >= 11 is 0. The third kappa shape index (κ3) is 4.53. The van der Waals surface area contributed by atoms with Gasteiger partial charge in [0.2, 0.25) is 5.91 Å². The number of carbonyl (C=O) groups is 2. The first-order valence-corrected chi connectivity index (χ1v) is 7.50. The van der Waals surface area contributed by atoms with E-state index < -0.39 is 23.3 Å². The summed E-state index contributed by atoms with van der Waals surface area (Å²) in [6, 6.07) is 8.94. The van der Waals surface area contributed by atoms with Crippen molar-refractivity contribution >= 4 is 17.6 Å². The maximum Gasteiger partial charge on any atom is 0.416 e. The monoisotopic (exact) mass is 367 g/mol. The first-order chi connectivity index (χ1) is 12.1. The maximum atomic E-state index is 12.7. The third-order valence-electron chi connectivity index (χ3n) is 3.76. The fraction of sp³-hybridized carbons (Fsp3) is 0.222. The summed E-state index contributed by atoms with van der Waals surface area (Å²) in [5.41, 5.74) is -0.732. The molecule has 26 heavy (non-hydrogen) atoms. The molecule has 2 aromatic rings. The second-order valence-corrected chi connectivity index (χ2v) is 5.54. The lowest BCUT2D eigenvalue weighted by Crippen LogP contribution is -2.22. The molecule has 0 heterocycles. The van der Waals surface area contributed by atoms with Gasteiger partial charge in [-0.25, -0.2) is 4.79 Å². The Labute approximate surface area is 147 Å². The second kappa shape index (κ2) is 7.47. The van der Waals surface area contributed by atoms with Crippen molar-refractivity contribution in [1.29, 1.82) is 0 Å². The molecule has 0 aliphatic heterocycles. The number of ether oxygens (including phenoxy) is 1. The molecule has 1 N–H and O–H groups in total. The quantitative estimate of drug-likeness (QED) is 0.869. The molecule has 0 saturated carbocycles. The van der Waals surface area contributed by atoms with Gasteiger partial charge in [-0.3, -0.25) is 4.79 Å². The van der Waals surface area contributed by atoms with Gasteiger partial charge in [0.15, 0.2) is 0 Å². The van der Waals surface area contributed by atoms with Gasteiger partial charge in [0.1, 0.15) is 12.4 Å². The number of anilines is 1. The highest BCUT2D eigenvalue weighted by Crippen LogP contribution is 2.31. The summed E-state index contributed by atoms with van der Waals surface area (Å²) in [6.45, 7) is 1.21. The van der Waals surface area contributed by atoms with E-state index in [2.05, 4.69) is 0 Å². The van der Waals surface area contributed by atoms with Crippen molar-refractivity contribution in [2.24, 2.45) is 0 Å². The largest absolute Gasteiger partial charge is 0.489 e. The van der Waals surface area contributed by atoms with E-state index >= 15 is 0 Å². The van der Waals surface area contributed by atoms with E-state index in [9.17, 15) is 22.8 Å². The molecule has 0 radical (unpaired) electrons. The predicted octanol–water partition coefficient (Wildman–Crippen LogP) is 3.97. The highest BCUT2D eigenvalue weighted by Gasteiger charge is 2.31. The first kappa shape index (κ1) is 19.3. The van der Waals surface area contributed by atoms with Crippen LogP contribution in [-0.4, -0.2) is 24.0 Å². The van der Waals surface area contributed by atoms with Gasteiger partial charge in [0.25, 0.3) is 0 Å². The molecule has 1 amide bonds. The zero-order valence-corrected chi connectivity index (χ0v) is 14.0. The van der Waals surface area contributed by atoms with E-state index in [0.29, 0.717) is 17.5 Å². The van der Waals surface area contributed by atoms with Gasteiger partial charge in [0, 0.05) is 25.2 Å². The fourth-order valence-electron chi connectivity index (χ4n) is 2.19. The molecular formula is C18H16F3NO4. The van der Waals surface area contributed by atoms with Crippen LogP contribution in [0.2, 0.25) is 0 Å². The number of carboxylic acids is 1. The number of amides is 1. The number of halogens is 3. The molecule has 0 fully saturated rings. The van der Waals surface area contributed by atoms with Crippen LogP contribution in [-0.2, 0) is 17.6 Å². The Hall–Kier alpha value is -3.03. The zero-order chi connectivity index (χ0) is 19.5. The normalized spacial score (nSPS) is 11.1. The SMILES string of the molecule is CC(=O)N(C)c1ccc(OCc2ccc(C(F)(F)F)cc2C(=O)O)cc1. The molecule has 0 aliphatic rings. The van der Waals surface area contributed by atoms with Crippen LogP contribution >= 0.6 is 0 Å². The summed E-state index contributed by atoms with van der Waals surface area (Å²) in [5, 5.41) is 9.14. The van der Waals surface area contributed by atoms with Crippen LogP contribution in [0.5, 0.6) is 5.75 Å². The highest BCUT2D eigenvalue weighted by molar-refractivity contribution is 5.91. The number of nitrogens with zero attached hydrogens (tertiary/aromatic N) is 1. The molecule has 138 valence electrons. The first-order valence-electron chi connectivity index (χ1n) is 7.50. The van der Waals surface area contributed by atoms with Crippen LogP contribution in [0.4, 0.5) is 18.9 Å². The predicted molar refractivity (Wildman–Crippen MR) is 88.3 cm³/mol. The molecule has 0 unspecified atom stereocenters. The lowest BCUT2D eigenvalue weighted by Gasteiger charge is -2.16. The molecule has 0 aliphatic carbocycles. The molecule has 0 saturated heterocycles. The van der Waals surface area contributed by atoms with Crippen LogP contribution in [0.15, 0.2) is 42.5 Å². The lowest BCUT2D eigenvalue weighted by molar-refractivity contribution is -0.137. The van der Waals surface area contributed by atoms with Crippen molar-refractivity contribution in [2.75, 3.05) is 11.9 Å². The fourth-order valence-corrected chi connectivity index (χ4v) is 2.19. The Morgan fingerprint density at radius 3 is 2.23 bits per heavy atom. The van der Waals surface area contributed by atoms with Gasteiger partial charge in [-0.1, -0.05) is 6.07 Å². The van der Waals surface area contributed by atoms with Crippen LogP contribution in [0.25, 0.3) is 0 Å². The van der Waals surface area contributed by atoms with E-state index in [1.165, 1.54) is 11.8 Å². The number of benzene rings is 2. The molecule has 0 aromatic heterocycles. The number of hydrogen-bond donors (Lipinski definition) is 1. The summed E-state index contributed by atoms with van der Waals surface area (Å²) < 4.78 is 43.6. The lowest BCUT2D eigenvalue weighted by atomic mass is 10.0. The molecule has 0 spiro atoms. The highest BCUT2D eigenvalue weighted by atomic mass is 19.4. The Bertz CT molecular complexity index is 816. The van der Waals surface area contributed by atoms with Crippen molar-refractivity contribution in [1.82, 2.24) is 0 Å². The van der Waals surface area contributed by atoms with Crippen molar-refractivity contribution in [3.8, 4) is 5.75 Å². The number of rotatable bonds is 5. The molecule has 0 bridgehead atoms. The van der Waals surface area contributed by atoms with E-state index in [-0.39, 0.29) is 18.1 Å². The average molecular weight is 367 g/mol. The Balaban J connectivity index is 2.16. The van der Waals surface area contributed by atoms with Gasteiger partial charge in [-0.15, -0.1) is 0 Å². The van der Waals surface area contributed by atoms with Crippen molar-refractivity contribution < 1.29 is 32.6 Å². The van der Waals surface area contributed by atoms with Crippen LogP contribution in [0, 0.1) is 0 Å². The maximum absolute atomic E-state index is 12.7. The van der Waals surface area contributed by atoms with Gasteiger partial charge in [-0.2, -0.15) is 13.2 Å². The van der Waals surface area contributed by atoms with Crippen molar-refractivity contribution in [2.45, 2.75) is 19.7 Å². The number of carboxylic acid groups (broad SMARTS) is 1. The molecule has 8 heteroatoms.